The summed E-state index contributed by atoms with van der Waals surface area (Å²) >= 11 is 0. The van der Waals surface area contributed by atoms with Crippen molar-refractivity contribution in [2.24, 2.45) is 0 Å². The Morgan fingerprint density at radius 2 is 2.19 bits per heavy atom. The van der Waals surface area contributed by atoms with Gasteiger partial charge in [-0.1, -0.05) is 0 Å². The molecule has 2 rings (SSSR count). The van der Waals surface area contributed by atoms with E-state index in [9.17, 15) is 15.2 Å². The van der Waals surface area contributed by atoms with Gasteiger partial charge in [0.05, 0.1) is 18.1 Å². The highest BCUT2D eigenvalue weighted by molar-refractivity contribution is 5.92. The summed E-state index contributed by atoms with van der Waals surface area (Å²) in [6, 6.07) is 5.36. The summed E-state index contributed by atoms with van der Waals surface area (Å²) in [5, 5.41) is 21.9. The van der Waals surface area contributed by atoms with E-state index in [0.717, 1.165) is 0 Å². The number of hydrogen-bond donors (Lipinski definition) is 2. The molecular formula is C15H15N3O3. The Morgan fingerprint density at radius 3 is 2.76 bits per heavy atom. The van der Waals surface area contributed by atoms with Crippen LogP contribution in [-0.4, -0.2) is 22.7 Å². The lowest BCUT2D eigenvalue weighted by Gasteiger charge is -2.26. The Hall–Kier alpha value is -2.81. The first-order chi connectivity index (χ1) is 10.1. The average Bonchev–Trinajstić information content (AvgIpc) is 2.47. The number of pyridine rings is 1. The van der Waals surface area contributed by atoms with Crippen LogP contribution in [-0.2, 0) is 9.53 Å². The molecule has 0 amide bonds. The topological polar surface area (TPSA) is 95.2 Å². The molecular weight excluding hydrogens is 270 g/mol. The third-order valence-corrected chi connectivity index (χ3v) is 3.20. The molecule has 1 aromatic heterocycles. The van der Waals surface area contributed by atoms with E-state index in [-0.39, 0.29) is 18.1 Å². The smallest absolute Gasteiger partial charge is 0.336 e. The molecule has 6 nitrogen and oxygen atoms in total. The SMILES string of the molecule is CCOC(=O)C1=C(C)NC(O)=C(C#N)[C@H]1c1ccncc1. The van der Waals surface area contributed by atoms with Crippen molar-refractivity contribution in [3.05, 3.63) is 52.8 Å². The Labute approximate surface area is 122 Å². The lowest BCUT2D eigenvalue weighted by atomic mass is 9.82. The minimum Gasteiger partial charge on any atom is -0.494 e. The molecule has 1 aromatic rings. The van der Waals surface area contributed by atoms with E-state index < -0.39 is 11.9 Å². The number of rotatable bonds is 3. The fourth-order valence-corrected chi connectivity index (χ4v) is 2.30. The van der Waals surface area contributed by atoms with Gasteiger partial charge in [0.1, 0.15) is 11.6 Å². The van der Waals surface area contributed by atoms with Gasteiger partial charge < -0.3 is 15.2 Å². The number of hydrogen-bond acceptors (Lipinski definition) is 6. The van der Waals surface area contributed by atoms with E-state index in [4.69, 9.17) is 4.74 Å². The molecule has 21 heavy (non-hydrogen) atoms. The van der Waals surface area contributed by atoms with Crippen molar-refractivity contribution >= 4 is 5.97 Å². The van der Waals surface area contributed by atoms with Crippen molar-refractivity contribution in [3.63, 3.8) is 0 Å². The van der Waals surface area contributed by atoms with E-state index in [2.05, 4.69) is 10.3 Å². The van der Waals surface area contributed by atoms with Gasteiger partial charge in [-0.05, 0) is 31.5 Å². The van der Waals surface area contributed by atoms with Gasteiger partial charge in [0.15, 0.2) is 0 Å². The number of aromatic nitrogens is 1. The lowest BCUT2D eigenvalue weighted by molar-refractivity contribution is -0.138. The van der Waals surface area contributed by atoms with Crippen molar-refractivity contribution in [1.29, 1.82) is 5.26 Å². The van der Waals surface area contributed by atoms with E-state index in [1.54, 1.807) is 38.4 Å². The van der Waals surface area contributed by atoms with Crippen LogP contribution in [0.25, 0.3) is 0 Å². The maximum Gasteiger partial charge on any atom is 0.336 e. The standard InChI is InChI=1S/C15H15N3O3/c1-3-21-15(20)12-9(2)18-14(19)11(8-16)13(12)10-4-6-17-7-5-10/h4-7,13,18-19H,3H2,1-2H3/t13-/m1/s1. The van der Waals surface area contributed by atoms with Crippen LogP contribution in [0.3, 0.4) is 0 Å². The largest absolute Gasteiger partial charge is 0.494 e. The summed E-state index contributed by atoms with van der Waals surface area (Å²) < 4.78 is 5.07. The normalized spacial score (nSPS) is 18.0. The number of ether oxygens (including phenoxy) is 1. The van der Waals surface area contributed by atoms with Crippen molar-refractivity contribution in [2.75, 3.05) is 6.61 Å². The van der Waals surface area contributed by atoms with Crippen LogP contribution in [0.4, 0.5) is 0 Å². The molecule has 0 saturated heterocycles. The van der Waals surface area contributed by atoms with Gasteiger partial charge >= 0.3 is 5.97 Å². The fourth-order valence-electron chi connectivity index (χ4n) is 2.30. The van der Waals surface area contributed by atoms with Crippen molar-refractivity contribution in [2.45, 2.75) is 19.8 Å². The molecule has 2 N–H and O–H groups in total. The molecule has 108 valence electrons. The van der Waals surface area contributed by atoms with Gasteiger partial charge in [-0.15, -0.1) is 0 Å². The van der Waals surface area contributed by atoms with Crippen LogP contribution in [0, 0.1) is 11.3 Å². The van der Waals surface area contributed by atoms with Crippen LogP contribution in [0.5, 0.6) is 0 Å². The number of nitrogens with one attached hydrogen (secondary N) is 1. The molecule has 0 saturated carbocycles. The van der Waals surface area contributed by atoms with Gasteiger partial charge in [-0.2, -0.15) is 5.26 Å². The Bertz CT molecular complexity index is 656. The Balaban J connectivity index is 2.58. The number of nitrogens with zero attached hydrogens (tertiary/aromatic N) is 2. The molecule has 1 atom stereocenters. The number of allylic oxidation sites excluding steroid dienone is 2. The fraction of sp³-hybridized carbons (Fsp3) is 0.267. The number of nitriles is 1. The Kier molecular flexibility index (Phi) is 4.24. The van der Waals surface area contributed by atoms with Crippen molar-refractivity contribution in [3.8, 4) is 6.07 Å². The number of aliphatic hydroxyl groups is 1. The van der Waals surface area contributed by atoms with Gasteiger partial charge in [0, 0.05) is 18.1 Å². The summed E-state index contributed by atoms with van der Waals surface area (Å²) in [4.78, 5) is 16.1. The summed E-state index contributed by atoms with van der Waals surface area (Å²) in [5.41, 5.74) is 1.55. The summed E-state index contributed by atoms with van der Waals surface area (Å²) in [6.07, 6.45) is 3.14. The lowest BCUT2D eigenvalue weighted by Crippen LogP contribution is -2.29. The predicted molar refractivity (Wildman–Crippen MR) is 74.7 cm³/mol. The zero-order valence-electron chi connectivity index (χ0n) is 11.8. The number of carbonyl (C=O) groups excluding carboxylic acids is 1. The van der Waals surface area contributed by atoms with Gasteiger partial charge in [-0.3, -0.25) is 4.98 Å². The van der Waals surface area contributed by atoms with Crippen molar-refractivity contribution in [1.82, 2.24) is 10.3 Å². The third-order valence-electron chi connectivity index (χ3n) is 3.20. The van der Waals surface area contributed by atoms with Crippen LogP contribution >= 0.6 is 0 Å². The first-order valence-electron chi connectivity index (χ1n) is 6.48. The number of aliphatic hydroxyl groups excluding tert-OH is 1. The second-order valence-corrected chi connectivity index (χ2v) is 4.47. The summed E-state index contributed by atoms with van der Waals surface area (Å²) in [6.45, 7) is 3.60. The monoisotopic (exact) mass is 285 g/mol. The van der Waals surface area contributed by atoms with E-state index in [1.807, 2.05) is 6.07 Å². The van der Waals surface area contributed by atoms with E-state index in [0.29, 0.717) is 16.8 Å². The zero-order valence-corrected chi connectivity index (χ0v) is 11.8. The zero-order chi connectivity index (χ0) is 15.4. The van der Waals surface area contributed by atoms with Crippen LogP contribution in [0.1, 0.15) is 25.3 Å². The first kappa shape index (κ1) is 14.6. The van der Waals surface area contributed by atoms with Gasteiger partial charge in [0.2, 0.25) is 5.88 Å². The molecule has 0 bridgehead atoms. The van der Waals surface area contributed by atoms with E-state index in [1.165, 1.54) is 0 Å². The second kappa shape index (κ2) is 6.09. The molecule has 6 heteroatoms. The highest BCUT2D eigenvalue weighted by Crippen LogP contribution is 2.37. The highest BCUT2D eigenvalue weighted by Gasteiger charge is 2.35. The maximum atomic E-state index is 12.2. The molecule has 1 aliphatic heterocycles. The first-order valence-corrected chi connectivity index (χ1v) is 6.48. The summed E-state index contributed by atoms with van der Waals surface area (Å²) in [5.74, 6) is -1.42. The minimum absolute atomic E-state index is 0.0786. The Morgan fingerprint density at radius 1 is 1.52 bits per heavy atom. The molecule has 0 aliphatic carbocycles. The molecule has 0 aromatic carbocycles. The average molecular weight is 285 g/mol. The molecule has 2 heterocycles. The third kappa shape index (κ3) is 2.72. The number of dihydropyridines is 1. The maximum absolute atomic E-state index is 12.2. The van der Waals surface area contributed by atoms with Crippen LogP contribution in [0.15, 0.2) is 47.3 Å². The van der Waals surface area contributed by atoms with Crippen molar-refractivity contribution < 1.29 is 14.6 Å². The predicted octanol–water partition coefficient (Wildman–Crippen LogP) is 1.90. The number of esters is 1. The number of carbonyl (C=O) groups is 1. The molecule has 0 unspecified atom stereocenters. The van der Waals surface area contributed by atoms with Crippen LogP contribution < -0.4 is 5.32 Å². The minimum atomic E-state index is -0.668. The molecule has 1 aliphatic rings. The van der Waals surface area contributed by atoms with Crippen LogP contribution in [0.2, 0.25) is 0 Å². The van der Waals surface area contributed by atoms with E-state index >= 15 is 0 Å². The van der Waals surface area contributed by atoms with Gasteiger partial charge in [0.25, 0.3) is 0 Å². The molecule has 0 spiro atoms. The molecule has 0 fully saturated rings. The highest BCUT2D eigenvalue weighted by atomic mass is 16.5. The second-order valence-electron chi connectivity index (χ2n) is 4.47. The summed E-state index contributed by atoms with van der Waals surface area (Å²) in [7, 11) is 0. The quantitative estimate of drug-likeness (QED) is 0.823. The molecule has 0 radical (unpaired) electrons. The van der Waals surface area contributed by atoms with Gasteiger partial charge in [-0.25, -0.2) is 4.79 Å².